The second kappa shape index (κ2) is 7.88. The molecule has 26 heavy (non-hydrogen) atoms. The Labute approximate surface area is 149 Å². The van der Waals surface area contributed by atoms with Gasteiger partial charge in [-0.2, -0.15) is 0 Å². The van der Waals surface area contributed by atoms with Crippen LogP contribution in [0.1, 0.15) is 18.6 Å². The summed E-state index contributed by atoms with van der Waals surface area (Å²) < 4.78 is 46.2. The standard InChI is InChI=1S/C19H19F3N2O2/c1-12(19(25)23-18-15(21)3-2-4-16(18)22)24-9-10-26-17(11-24)13-5-7-14(20)8-6-13/h2-8,12,17H,9-11H2,1H3,(H,23,25). The van der Waals surface area contributed by atoms with Gasteiger partial charge in [-0.1, -0.05) is 18.2 Å². The topological polar surface area (TPSA) is 41.6 Å². The number of carbonyl (C=O) groups excluding carboxylic acids is 1. The number of carbonyl (C=O) groups is 1. The first kappa shape index (κ1) is 18.4. The van der Waals surface area contributed by atoms with Crippen molar-refractivity contribution in [2.45, 2.75) is 19.1 Å². The molecule has 3 rings (SSSR count). The number of halogens is 3. The predicted molar refractivity (Wildman–Crippen MR) is 91.1 cm³/mol. The number of nitrogens with one attached hydrogen (secondary N) is 1. The van der Waals surface area contributed by atoms with Crippen molar-refractivity contribution in [3.05, 3.63) is 65.5 Å². The molecule has 1 N–H and O–H groups in total. The molecule has 0 spiro atoms. The summed E-state index contributed by atoms with van der Waals surface area (Å²) in [5.74, 6) is -2.48. The number of hydrogen-bond acceptors (Lipinski definition) is 3. The van der Waals surface area contributed by atoms with Crippen molar-refractivity contribution in [1.82, 2.24) is 4.90 Å². The second-order valence-corrected chi connectivity index (χ2v) is 6.17. The van der Waals surface area contributed by atoms with Gasteiger partial charge in [0.1, 0.15) is 23.1 Å². The van der Waals surface area contributed by atoms with E-state index in [0.717, 1.165) is 17.7 Å². The highest BCUT2D eigenvalue weighted by Crippen LogP contribution is 2.24. The summed E-state index contributed by atoms with van der Waals surface area (Å²) >= 11 is 0. The third-order valence-electron chi connectivity index (χ3n) is 4.48. The van der Waals surface area contributed by atoms with Crippen LogP contribution in [0.2, 0.25) is 0 Å². The lowest BCUT2D eigenvalue weighted by Crippen LogP contribution is -2.48. The maximum Gasteiger partial charge on any atom is 0.241 e. The summed E-state index contributed by atoms with van der Waals surface area (Å²) in [6, 6.07) is 8.79. The van der Waals surface area contributed by atoms with Gasteiger partial charge >= 0.3 is 0 Å². The Morgan fingerprint density at radius 2 is 1.81 bits per heavy atom. The third kappa shape index (κ3) is 4.05. The fraction of sp³-hybridized carbons (Fsp3) is 0.316. The summed E-state index contributed by atoms with van der Waals surface area (Å²) in [4.78, 5) is 14.3. The van der Waals surface area contributed by atoms with Crippen molar-refractivity contribution in [1.29, 1.82) is 0 Å². The first-order valence-electron chi connectivity index (χ1n) is 8.31. The Hall–Kier alpha value is -2.38. The second-order valence-electron chi connectivity index (χ2n) is 6.17. The molecule has 0 aliphatic carbocycles. The van der Waals surface area contributed by atoms with Gasteiger partial charge in [-0.25, -0.2) is 13.2 Å². The fourth-order valence-corrected chi connectivity index (χ4v) is 2.91. The molecule has 1 fully saturated rings. The Bertz CT molecular complexity index is 763. The fourth-order valence-electron chi connectivity index (χ4n) is 2.91. The molecule has 1 aliphatic heterocycles. The van der Waals surface area contributed by atoms with E-state index in [0.29, 0.717) is 19.7 Å². The minimum atomic E-state index is -0.822. The van der Waals surface area contributed by atoms with Crippen molar-refractivity contribution < 1.29 is 22.7 Å². The van der Waals surface area contributed by atoms with Crippen LogP contribution in [0.15, 0.2) is 42.5 Å². The van der Waals surface area contributed by atoms with Crippen molar-refractivity contribution in [2.75, 3.05) is 25.0 Å². The number of hydrogen-bond donors (Lipinski definition) is 1. The average molecular weight is 364 g/mol. The van der Waals surface area contributed by atoms with Crippen LogP contribution in [0.25, 0.3) is 0 Å². The monoisotopic (exact) mass is 364 g/mol. The zero-order valence-electron chi connectivity index (χ0n) is 14.2. The third-order valence-corrected chi connectivity index (χ3v) is 4.48. The Balaban J connectivity index is 1.67. The molecular weight excluding hydrogens is 345 g/mol. The molecule has 2 aromatic rings. The minimum absolute atomic E-state index is 0.301. The first-order chi connectivity index (χ1) is 12.5. The van der Waals surface area contributed by atoms with E-state index in [1.807, 2.05) is 4.90 Å². The van der Waals surface area contributed by atoms with Crippen LogP contribution in [0.5, 0.6) is 0 Å². The number of amides is 1. The van der Waals surface area contributed by atoms with Crippen molar-refractivity contribution >= 4 is 11.6 Å². The number of anilines is 1. The number of rotatable bonds is 4. The normalized spacial score (nSPS) is 19.2. The van der Waals surface area contributed by atoms with Gasteiger partial charge in [0.15, 0.2) is 0 Å². The SMILES string of the molecule is CC(C(=O)Nc1c(F)cccc1F)N1CCOC(c2ccc(F)cc2)C1. The largest absolute Gasteiger partial charge is 0.371 e. The average Bonchev–Trinajstić information content (AvgIpc) is 2.65. The molecular formula is C19H19F3N2O2. The summed E-state index contributed by atoms with van der Waals surface area (Å²) in [6.45, 7) is 2.99. The maximum absolute atomic E-state index is 13.7. The molecule has 1 aliphatic rings. The van der Waals surface area contributed by atoms with Crippen molar-refractivity contribution in [3.8, 4) is 0 Å². The lowest BCUT2D eigenvalue weighted by atomic mass is 10.1. The molecule has 0 bridgehead atoms. The molecule has 1 saturated heterocycles. The quantitative estimate of drug-likeness (QED) is 0.903. The molecule has 4 nitrogen and oxygen atoms in total. The highest BCUT2D eigenvalue weighted by Gasteiger charge is 2.29. The van der Waals surface area contributed by atoms with E-state index in [-0.39, 0.29) is 11.9 Å². The van der Waals surface area contributed by atoms with Crippen LogP contribution < -0.4 is 5.32 Å². The maximum atomic E-state index is 13.7. The lowest BCUT2D eigenvalue weighted by Gasteiger charge is -2.36. The summed E-state index contributed by atoms with van der Waals surface area (Å²) in [5, 5.41) is 2.32. The molecule has 0 radical (unpaired) electrons. The van der Waals surface area contributed by atoms with Crippen LogP contribution in [0, 0.1) is 17.5 Å². The number of ether oxygens (including phenoxy) is 1. The number of nitrogens with zero attached hydrogens (tertiary/aromatic N) is 1. The van der Waals surface area contributed by atoms with Gasteiger partial charge in [-0.15, -0.1) is 0 Å². The van der Waals surface area contributed by atoms with Crippen LogP contribution in [0.3, 0.4) is 0 Å². The molecule has 0 aromatic heterocycles. The zero-order valence-corrected chi connectivity index (χ0v) is 14.2. The van der Waals surface area contributed by atoms with E-state index in [2.05, 4.69) is 5.32 Å². The van der Waals surface area contributed by atoms with Gasteiger partial charge in [-0.05, 0) is 36.8 Å². The number of morpholine rings is 1. The van der Waals surface area contributed by atoms with Gasteiger partial charge in [0.25, 0.3) is 0 Å². The zero-order chi connectivity index (χ0) is 18.7. The van der Waals surface area contributed by atoms with Crippen LogP contribution in [-0.2, 0) is 9.53 Å². The van der Waals surface area contributed by atoms with E-state index >= 15 is 0 Å². The smallest absolute Gasteiger partial charge is 0.241 e. The van der Waals surface area contributed by atoms with Gasteiger partial charge in [0.2, 0.25) is 5.91 Å². The van der Waals surface area contributed by atoms with Crippen LogP contribution in [0.4, 0.5) is 18.9 Å². The van der Waals surface area contributed by atoms with E-state index in [4.69, 9.17) is 4.74 Å². The molecule has 2 unspecified atom stereocenters. The summed E-state index contributed by atoms with van der Waals surface area (Å²) in [7, 11) is 0. The summed E-state index contributed by atoms with van der Waals surface area (Å²) in [6.07, 6.45) is -0.301. The van der Waals surface area contributed by atoms with E-state index in [9.17, 15) is 18.0 Å². The van der Waals surface area contributed by atoms with E-state index < -0.39 is 29.3 Å². The van der Waals surface area contributed by atoms with Crippen LogP contribution in [-0.4, -0.2) is 36.5 Å². The Morgan fingerprint density at radius 3 is 2.46 bits per heavy atom. The molecule has 0 saturated carbocycles. The molecule has 138 valence electrons. The molecule has 1 heterocycles. The lowest BCUT2D eigenvalue weighted by molar-refractivity contribution is -0.124. The molecule has 7 heteroatoms. The van der Waals surface area contributed by atoms with Gasteiger partial charge in [-0.3, -0.25) is 9.69 Å². The Morgan fingerprint density at radius 1 is 1.15 bits per heavy atom. The van der Waals surface area contributed by atoms with Gasteiger partial charge in [0.05, 0.1) is 18.8 Å². The van der Waals surface area contributed by atoms with E-state index in [1.54, 1.807) is 19.1 Å². The van der Waals surface area contributed by atoms with E-state index in [1.165, 1.54) is 18.2 Å². The molecule has 1 amide bonds. The molecule has 2 atom stereocenters. The summed E-state index contributed by atoms with van der Waals surface area (Å²) in [5.41, 5.74) is 0.358. The van der Waals surface area contributed by atoms with Gasteiger partial charge < -0.3 is 10.1 Å². The van der Waals surface area contributed by atoms with Gasteiger partial charge in [0, 0.05) is 13.1 Å². The number of para-hydroxylation sites is 1. The van der Waals surface area contributed by atoms with Crippen LogP contribution >= 0.6 is 0 Å². The predicted octanol–water partition coefficient (Wildman–Crippen LogP) is 3.50. The highest BCUT2D eigenvalue weighted by molar-refractivity contribution is 5.94. The highest BCUT2D eigenvalue weighted by atomic mass is 19.1. The molecule has 2 aromatic carbocycles. The first-order valence-corrected chi connectivity index (χ1v) is 8.31. The van der Waals surface area contributed by atoms with Crippen molar-refractivity contribution in [2.24, 2.45) is 0 Å². The Kier molecular flexibility index (Phi) is 5.58. The minimum Gasteiger partial charge on any atom is -0.371 e. The van der Waals surface area contributed by atoms with Crippen molar-refractivity contribution in [3.63, 3.8) is 0 Å². The number of benzene rings is 2.